The minimum Gasteiger partial charge on any atom is -0.376 e. The maximum Gasteiger partial charge on any atom is 0.238 e. The van der Waals surface area contributed by atoms with Crippen LogP contribution in [0.3, 0.4) is 0 Å². The molecule has 1 aromatic carbocycles. The summed E-state index contributed by atoms with van der Waals surface area (Å²) in [5.41, 5.74) is 2.90. The lowest BCUT2D eigenvalue weighted by atomic mass is 10.1. The van der Waals surface area contributed by atoms with Gasteiger partial charge in [-0.3, -0.25) is 14.5 Å². The molecule has 1 aliphatic rings. The number of nitrogens with one attached hydrogen (secondary N) is 2. The summed E-state index contributed by atoms with van der Waals surface area (Å²) in [5, 5.41) is 5.79. The summed E-state index contributed by atoms with van der Waals surface area (Å²) in [6.45, 7) is 5.60. The second-order valence-electron chi connectivity index (χ2n) is 6.43. The minimum absolute atomic E-state index is 0.0899. The van der Waals surface area contributed by atoms with Crippen molar-refractivity contribution < 1.29 is 14.3 Å². The molecule has 2 amide bonds. The largest absolute Gasteiger partial charge is 0.376 e. The van der Waals surface area contributed by atoms with E-state index in [-0.39, 0.29) is 31.0 Å². The monoisotopic (exact) mass is 333 g/mol. The molecule has 0 radical (unpaired) electrons. The third-order valence-electron chi connectivity index (χ3n) is 4.12. The molecule has 2 N–H and O–H groups in total. The summed E-state index contributed by atoms with van der Waals surface area (Å²) in [5.74, 6) is -0.213. The molecule has 0 spiro atoms. The predicted molar refractivity (Wildman–Crippen MR) is 94.0 cm³/mol. The topological polar surface area (TPSA) is 70.7 Å². The van der Waals surface area contributed by atoms with Crippen molar-refractivity contribution in [1.29, 1.82) is 0 Å². The molecule has 0 saturated carbocycles. The van der Waals surface area contributed by atoms with Gasteiger partial charge in [-0.15, -0.1) is 0 Å². The van der Waals surface area contributed by atoms with Gasteiger partial charge in [0.05, 0.1) is 19.2 Å². The third kappa shape index (κ3) is 5.62. The average molecular weight is 333 g/mol. The number of likely N-dealkylation sites (N-methyl/N-ethyl adjacent to an activating group) is 1. The van der Waals surface area contributed by atoms with Gasteiger partial charge in [0, 0.05) is 18.8 Å². The zero-order valence-electron chi connectivity index (χ0n) is 14.7. The highest BCUT2D eigenvalue weighted by Gasteiger charge is 2.17. The molecule has 1 unspecified atom stereocenters. The highest BCUT2D eigenvalue weighted by Crippen LogP contribution is 2.19. The summed E-state index contributed by atoms with van der Waals surface area (Å²) >= 11 is 0. The van der Waals surface area contributed by atoms with Crippen LogP contribution >= 0.6 is 0 Å². The predicted octanol–water partition coefficient (Wildman–Crippen LogP) is 1.47. The summed E-state index contributed by atoms with van der Waals surface area (Å²) < 4.78 is 5.47. The number of ether oxygens (including phenoxy) is 1. The molecule has 0 bridgehead atoms. The first-order valence-electron chi connectivity index (χ1n) is 8.38. The van der Waals surface area contributed by atoms with E-state index in [1.807, 2.05) is 32.0 Å². The smallest absolute Gasteiger partial charge is 0.238 e. The van der Waals surface area contributed by atoms with Crippen molar-refractivity contribution >= 4 is 17.5 Å². The van der Waals surface area contributed by atoms with Crippen LogP contribution in [0.5, 0.6) is 0 Å². The molecule has 0 aromatic heterocycles. The third-order valence-corrected chi connectivity index (χ3v) is 4.12. The Balaban J connectivity index is 1.73. The summed E-state index contributed by atoms with van der Waals surface area (Å²) in [6, 6.07) is 5.89. The molecule has 1 saturated heterocycles. The van der Waals surface area contributed by atoms with Gasteiger partial charge in [0.15, 0.2) is 0 Å². The Morgan fingerprint density at radius 3 is 2.50 bits per heavy atom. The molecule has 1 aliphatic heterocycles. The summed E-state index contributed by atoms with van der Waals surface area (Å²) in [7, 11) is 1.76. The number of amides is 2. The standard InChI is InChI=1S/C18H27N3O3/c1-13-6-4-7-14(2)18(13)20-17(23)12-21(3)11-16(22)19-10-15-8-5-9-24-15/h4,6-7,15H,5,8-12H2,1-3H3,(H,19,22)(H,20,23). The number of nitrogens with zero attached hydrogens (tertiary/aromatic N) is 1. The van der Waals surface area contributed by atoms with E-state index in [0.29, 0.717) is 6.54 Å². The number of carbonyl (C=O) groups excluding carboxylic acids is 2. The molecule has 0 aliphatic carbocycles. The highest BCUT2D eigenvalue weighted by atomic mass is 16.5. The van der Waals surface area contributed by atoms with Crippen LogP contribution in [0.1, 0.15) is 24.0 Å². The molecule has 1 fully saturated rings. The van der Waals surface area contributed by atoms with Crippen molar-refractivity contribution in [3.05, 3.63) is 29.3 Å². The van der Waals surface area contributed by atoms with Gasteiger partial charge < -0.3 is 15.4 Å². The number of carbonyl (C=O) groups is 2. The Hall–Kier alpha value is -1.92. The van der Waals surface area contributed by atoms with Crippen LogP contribution in [-0.2, 0) is 14.3 Å². The van der Waals surface area contributed by atoms with Crippen LogP contribution in [0.2, 0.25) is 0 Å². The number of hydrogen-bond acceptors (Lipinski definition) is 4. The number of benzene rings is 1. The molecule has 6 nitrogen and oxygen atoms in total. The SMILES string of the molecule is Cc1cccc(C)c1NC(=O)CN(C)CC(=O)NCC1CCCO1. The van der Waals surface area contributed by atoms with Gasteiger partial charge >= 0.3 is 0 Å². The minimum atomic E-state index is -0.123. The van der Waals surface area contributed by atoms with E-state index in [9.17, 15) is 9.59 Å². The van der Waals surface area contributed by atoms with Gasteiger partial charge in [0.1, 0.15) is 0 Å². The Bertz CT molecular complexity index is 563. The van der Waals surface area contributed by atoms with E-state index in [1.54, 1.807) is 11.9 Å². The Morgan fingerprint density at radius 2 is 1.88 bits per heavy atom. The molecule has 132 valence electrons. The van der Waals surface area contributed by atoms with Crippen LogP contribution in [0.4, 0.5) is 5.69 Å². The first-order chi connectivity index (χ1) is 11.5. The molecule has 1 atom stereocenters. The molecule has 6 heteroatoms. The van der Waals surface area contributed by atoms with Crippen molar-refractivity contribution in [2.75, 3.05) is 38.6 Å². The van der Waals surface area contributed by atoms with E-state index in [4.69, 9.17) is 4.74 Å². The van der Waals surface area contributed by atoms with Crippen LogP contribution in [0.25, 0.3) is 0 Å². The van der Waals surface area contributed by atoms with Crippen LogP contribution in [0, 0.1) is 13.8 Å². The van der Waals surface area contributed by atoms with Crippen molar-refractivity contribution in [2.45, 2.75) is 32.8 Å². The maximum atomic E-state index is 12.2. The van der Waals surface area contributed by atoms with Gasteiger partial charge in [0.25, 0.3) is 0 Å². The summed E-state index contributed by atoms with van der Waals surface area (Å²) in [4.78, 5) is 25.8. The average Bonchev–Trinajstić information content (AvgIpc) is 3.02. The van der Waals surface area contributed by atoms with Crippen LogP contribution in [-0.4, -0.2) is 56.1 Å². The van der Waals surface area contributed by atoms with E-state index in [1.165, 1.54) is 0 Å². The second-order valence-corrected chi connectivity index (χ2v) is 6.43. The lowest BCUT2D eigenvalue weighted by Crippen LogP contribution is -2.41. The van der Waals surface area contributed by atoms with Crippen molar-refractivity contribution in [2.24, 2.45) is 0 Å². The lowest BCUT2D eigenvalue weighted by Gasteiger charge is -2.18. The quantitative estimate of drug-likeness (QED) is 0.793. The zero-order valence-corrected chi connectivity index (χ0v) is 14.7. The van der Waals surface area contributed by atoms with Gasteiger partial charge in [0.2, 0.25) is 11.8 Å². The molecular formula is C18H27N3O3. The Morgan fingerprint density at radius 1 is 1.21 bits per heavy atom. The molecule has 1 heterocycles. The van der Waals surface area contributed by atoms with Gasteiger partial charge in [-0.1, -0.05) is 18.2 Å². The van der Waals surface area contributed by atoms with E-state index < -0.39 is 0 Å². The molecule has 1 aromatic rings. The molecular weight excluding hydrogens is 306 g/mol. The highest BCUT2D eigenvalue weighted by molar-refractivity contribution is 5.94. The van der Waals surface area contributed by atoms with Gasteiger partial charge in [-0.05, 0) is 44.9 Å². The lowest BCUT2D eigenvalue weighted by molar-refractivity contribution is -0.123. The van der Waals surface area contributed by atoms with Crippen molar-refractivity contribution in [3.63, 3.8) is 0 Å². The maximum absolute atomic E-state index is 12.2. The van der Waals surface area contributed by atoms with Crippen molar-refractivity contribution in [3.8, 4) is 0 Å². The van der Waals surface area contributed by atoms with Crippen LogP contribution in [0.15, 0.2) is 18.2 Å². The van der Waals surface area contributed by atoms with E-state index >= 15 is 0 Å². The van der Waals surface area contributed by atoms with Crippen molar-refractivity contribution in [1.82, 2.24) is 10.2 Å². The fourth-order valence-corrected chi connectivity index (χ4v) is 2.83. The fraction of sp³-hybridized carbons (Fsp3) is 0.556. The van der Waals surface area contributed by atoms with Crippen LogP contribution < -0.4 is 10.6 Å². The van der Waals surface area contributed by atoms with E-state index in [2.05, 4.69) is 10.6 Å². The normalized spacial score (nSPS) is 17.1. The number of anilines is 1. The number of hydrogen-bond donors (Lipinski definition) is 2. The van der Waals surface area contributed by atoms with Gasteiger partial charge in [-0.2, -0.15) is 0 Å². The number of para-hydroxylation sites is 1. The fourth-order valence-electron chi connectivity index (χ4n) is 2.83. The molecule has 2 rings (SSSR count). The summed E-state index contributed by atoms with van der Waals surface area (Å²) in [6.07, 6.45) is 2.18. The molecule has 24 heavy (non-hydrogen) atoms. The first-order valence-corrected chi connectivity index (χ1v) is 8.38. The number of rotatable bonds is 7. The van der Waals surface area contributed by atoms with E-state index in [0.717, 1.165) is 36.3 Å². The Kier molecular flexibility index (Phi) is 6.75. The zero-order chi connectivity index (χ0) is 17.5. The number of aryl methyl sites for hydroxylation is 2. The Labute approximate surface area is 143 Å². The first kappa shape index (κ1) is 18.4. The second kappa shape index (κ2) is 8.80. The van der Waals surface area contributed by atoms with Gasteiger partial charge in [-0.25, -0.2) is 0 Å².